The third-order valence-corrected chi connectivity index (χ3v) is 1.51. The highest BCUT2D eigenvalue weighted by Gasteiger charge is 1.99. The molecule has 0 amide bonds. The molecule has 0 fully saturated rings. The minimum absolute atomic E-state index is 0.819. The van der Waals surface area contributed by atoms with Crippen molar-refractivity contribution in [2.24, 2.45) is 0 Å². The summed E-state index contributed by atoms with van der Waals surface area (Å²) in [5.41, 5.74) is 0. The first kappa shape index (κ1) is 8.00. The van der Waals surface area contributed by atoms with E-state index in [1.807, 2.05) is 0 Å². The summed E-state index contributed by atoms with van der Waals surface area (Å²) < 4.78 is 0. The fourth-order valence-electron chi connectivity index (χ4n) is 0.833. The monoisotopic (exact) mass is 104 g/mol. The Labute approximate surface area is 55.4 Å². The molecule has 4 heteroatoms. The van der Waals surface area contributed by atoms with Crippen LogP contribution in [-0.2, 0) is 0 Å². The van der Waals surface area contributed by atoms with Crippen LogP contribution in [0.15, 0.2) is 12.0 Å². The van der Waals surface area contributed by atoms with E-state index in [1.54, 1.807) is 0 Å². The van der Waals surface area contributed by atoms with Crippen molar-refractivity contribution in [3.8, 4) is 0 Å². The van der Waals surface area contributed by atoms with Crippen molar-refractivity contribution in [2.75, 3.05) is 0 Å². The standard InChI is InChI=1S/C4H12B4/c5-1-2-8(3-6)4-7/h1-2H,3-7H2/b2-1+. The van der Waals surface area contributed by atoms with Crippen LogP contribution < -0.4 is 0 Å². The highest BCUT2D eigenvalue weighted by Crippen LogP contribution is 1.92. The molecule has 0 spiro atoms. The average Bonchev–Trinajstić information content (AvgIpc) is 1.83. The van der Waals surface area contributed by atoms with Gasteiger partial charge in [-0.2, -0.15) is 0 Å². The zero-order valence-corrected chi connectivity index (χ0v) is 6.15. The van der Waals surface area contributed by atoms with Crippen molar-refractivity contribution in [2.45, 2.75) is 12.4 Å². The molecule has 0 aliphatic carbocycles. The van der Waals surface area contributed by atoms with Crippen LogP contribution in [-0.4, -0.2) is 30.3 Å². The highest BCUT2D eigenvalue weighted by molar-refractivity contribution is 6.75. The van der Waals surface area contributed by atoms with Gasteiger partial charge in [-0.15, -0.1) is 12.0 Å². The van der Waals surface area contributed by atoms with Crippen LogP contribution >= 0.6 is 0 Å². The van der Waals surface area contributed by atoms with Crippen molar-refractivity contribution in [3.05, 3.63) is 12.0 Å². The van der Waals surface area contributed by atoms with Crippen LogP contribution in [0.2, 0.25) is 12.4 Å². The Morgan fingerprint density at radius 2 is 1.75 bits per heavy atom. The van der Waals surface area contributed by atoms with E-state index in [1.165, 1.54) is 12.4 Å². The van der Waals surface area contributed by atoms with Crippen LogP contribution in [0.1, 0.15) is 0 Å². The summed E-state index contributed by atoms with van der Waals surface area (Å²) in [6, 6.07) is 0. The molecule has 40 valence electrons. The second-order valence-electron chi connectivity index (χ2n) is 2.10. The van der Waals surface area contributed by atoms with Gasteiger partial charge in [-0.05, 0) is 0 Å². The van der Waals surface area contributed by atoms with E-state index in [-0.39, 0.29) is 0 Å². The molecular weight excluding hydrogens is 91.3 g/mol. The van der Waals surface area contributed by atoms with Gasteiger partial charge in [0.15, 0.2) is 0 Å². The smallest absolute Gasteiger partial charge is 0.136 e. The summed E-state index contributed by atoms with van der Waals surface area (Å²) in [5.74, 6) is 4.41. The summed E-state index contributed by atoms with van der Waals surface area (Å²) in [6.45, 7) is 0.819. The molecule has 0 radical (unpaired) electrons. The molecule has 0 aliphatic rings. The van der Waals surface area contributed by atoms with Crippen molar-refractivity contribution in [1.82, 2.24) is 0 Å². The molecule has 0 N–H and O–H groups in total. The summed E-state index contributed by atoms with van der Waals surface area (Å²) >= 11 is 0. The van der Waals surface area contributed by atoms with Crippen LogP contribution in [0.25, 0.3) is 0 Å². The van der Waals surface area contributed by atoms with Crippen molar-refractivity contribution >= 4 is 30.3 Å². The van der Waals surface area contributed by atoms with Gasteiger partial charge >= 0.3 is 0 Å². The first-order valence-electron chi connectivity index (χ1n) is 3.47. The molecule has 0 unspecified atom stereocenters. The first-order valence-corrected chi connectivity index (χ1v) is 3.47. The first-order chi connectivity index (χ1) is 3.85. The largest absolute Gasteiger partial charge is 0.149 e. The Morgan fingerprint density at radius 3 is 1.88 bits per heavy atom. The zero-order valence-electron chi connectivity index (χ0n) is 6.15. The van der Waals surface area contributed by atoms with E-state index in [0.29, 0.717) is 0 Å². The lowest BCUT2D eigenvalue weighted by molar-refractivity contribution is 1.82. The normalized spacial score (nSPS) is 10.0. The van der Waals surface area contributed by atoms with Crippen LogP contribution in [0.5, 0.6) is 0 Å². The van der Waals surface area contributed by atoms with Crippen molar-refractivity contribution in [1.29, 1.82) is 0 Å². The minimum Gasteiger partial charge on any atom is -0.136 e. The molecule has 0 bridgehead atoms. The predicted molar refractivity (Wildman–Crippen MR) is 50.1 cm³/mol. The van der Waals surface area contributed by atoms with Gasteiger partial charge in [-0.3, -0.25) is 0 Å². The van der Waals surface area contributed by atoms with Gasteiger partial charge in [0.25, 0.3) is 0 Å². The maximum absolute atomic E-state index is 2.28. The van der Waals surface area contributed by atoms with Crippen LogP contribution in [0.4, 0.5) is 0 Å². The molecule has 0 saturated heterocycles. The predicted octanol–water partition coefficient (Wildman–Crippen LogP) is -1.65. The lowest BCUT2D eigenvalue weighted by atomic mass is 9.37. The van der Waals surface area contributed by atoms with E-state index in [2.05, 4.69) is 35.5 Å². The number of hydrogen-bond acceptors (Lipinski definition) is 0. The number of hydrogen-bond donors (Lipinski definition) is 0. The Kier molecular flexibility index (Phi) is 5.14. The molecule has 0 atom stereocenters. The molecule has 0 aliphatic heterocycles. The minimum atomic E-state index is 0.819. The van der Waals surface area contributed by atoms with E-state index < -0.39 is 0 Å². The molecule has 0 aromatic heterocycles. The van der Waals surface area contributed by atoms with Crippen molar-refractivity contribution < 1.29 is 0 Å². The van der Waals surface area contributed by atoms with Gasteiger partial charge in [0, 0.05) is 0 Å². The van der Waals surface area contributed by atoms with Crippen LogP contribution in [0.3, 0.4) is 0 Å². The molecular formula is C4H12B4. The van der Waals surface area contributed by atoms with Gasteiger partial charge in [0.1, 0.15) is 14.6 Å². The summed E-state index contributed by atoms with van der Waals surface area (Å²) in [7, 11) is 6.54. The highest BCUT2D eigenvalue weighted by atomic mass is 13.5. The topological polar surface area (TPSA) is 0 Å². The van der Waals surface area contributed by atoms with E-state index in [0.717, 1.165) is 6.71 Å². The van der Waals surface area contributed by atoms with Gasteiger partial charge in [0.2, 0.25) is 0 Å². The second kappa shape index (κ2) is 5.14. The van der Waals surface area contributed by atoms with E-state index in [9.17, 15) is 0 Å². The molecule has 8 heavy (non-hydrogen) atoms. The summed E-state index contributed by atoms with van der Waals surface area (Å²) in [6.07, 6.45) is 2.56. The lowest BCUT2D eigenvalue weighted by Crippen LogP contribution is -2.07. The third-order valence-electron chi connectivity index (χ3n) is 1.51. The molecule has 0 saturated carbocycles. The maximum Gasteiger partial charge on any atom is 0.149 e. The van der Waals surface area contributed by atoms with E-state index in [4.69, 9.17) is 0 Å². The Balaban J connectivity index is 3.36. The second-order valence-corrected chi connectivity index (χ2v) is 2.10. The molecule has 0 aromatic carbocycles. The Hall–Kier alpha value is -0.000260. The van der Waals surface area contributed by atoms with E-state index >= 15 is 0 Å². The molecule has 0 aromatic rings. The fourth-order valence-corrected chi connectivity index (χ4v) is 0.833. The van der Waals surface area contributed by atoms with Gasteiger partial charge in [-0.25, -0.2) is 0 Å². The quantitative estimate of drug-likeness (QED) is 0.376. The Bertz CT molecular complexity index is 66.4. The third kappa shape index (κ3) is 3.06. The zero-order chi connectivity index (χ0) is 6.41. The average molecular weight is 103 g/mol. The number of rotatable bonds is 3. The Morgan fingerprint density at radius 1 is 1.25 bits per heavy atom. The molecule has 0 heterocycles. The maximum atomic E-state index is 2.28. The van der Waals surface area contributed by atoms with Crippen molar-refractivity contribution in [3.63, 3.8) is 0 Å². The van der Waals surface area contributed by atoms with Gasteiger partial charge in [0.05, 0.1) is 15.7 Å². The molecule has 0 nitrogen and oxygen atoms in total. The van der Waals surface area contributed by atoms with Gasteiger partial charge < -0.3 is 0 Å². The summed E-state index contributed by atoms with van der Waals surface area (Å²) in [5, 5.41) is 0. The SMILES string of the molecule is B/C=C/B(CB)CB. The molecule has 0 rings (SSSR count). The lowest BCUT2D eigenvalue weighted by Gasteiger charge is -1.97. The van der Waals surface area contributed by atoms with Crippen LogP contribution in [0, 0.1) is 0 Å². The van der Waals surface area contributed by atoms with Gasteiger partial charge in [-0.1, -0.05) is 12.4 Å². The summed E-state index contributed by atoms with van der Waals surface area (Å²) in [4.78, 5) is 0. The fraction of sp³-hybridized carbons (Fsp3) is 0.500.